The molecule has 0 aliphatic carbocycles. The lowest BCUT2D eigenvalue weighted by atomic mass is 10.1. The maximum atomic E-state index is 9.55. The Bertz CT molecular complexity index is 216. The minimum atomic E-state index is -0.397. The standard InChI is InChI=1S/C8H15N3O/c1-5-4-6-2-3-7(12)11(6)8(9)10-5/h5-7,12H,2-4H2,1H3,(H2,9,10)/t5-,6+,7?/m1/s1. The molecule has 0 aromatic rings. The summed E-state index contributed by atoms with van der Waals surface area (Å²) >= 11 is 0. The van der Waals surface area contributed by atoms with E-state index in [4.69, 9.17) is 5.73 Å². The van der Waals surface area contributed by atoms with Gasteiger partial charge in [0.1, 0.15) is 6.23 Å². The predicted molar refractivity (Wildman–Crippen MR) is 46.6 cm³/mol. The molecular formula is C8H15N3O. The molecular weight excluding hydrogens is 154 g/mol. The molecule has 0 saturated carbocycles. The number of rotatable bonds is 0. The van der Waals surface area contributed by atoms with E-state index in [-0.39, 0.29) is 0 Å². The topological polar surface area (TPSA) is 61.8 Å². The van der Waals surface area contributed by atoms with Gasteiger partial charge in [-0.2, -0.15) is 0 Å². The maximum absolute atomic E-state index is 9.55. The van der Waals surface area contributed by atoms with E-state index in [0.717, 1.165) is 19.3 Å². The summed E-state index contributed by atoms with van der Waals surface area (Å²) in [6, 6.07) is 0.740. The molecule has 0 radical (unpaired) electrons. The first-order valence-corrected chi connectivity index (χ1v) is 4.48. The van der Waals surface area contributed by atoms with Gasteiger partial charge in [-0.1, -0.05) is 0 Å². The Morgan fingerprint density at radius 2 is 2.33 bits per heavy atom. The van der Waals surface area contributed by atoms with Crippen LogP contribution in [0.4, 0.5) is 0 Å². The van der Waals surface area contributed by atoms with Crippen LogP contribution in [0.5, 0.6) is 0 Å². The second-order valence-corrected chi connectivity index (χ2v) is 3.69. The van der Waals surface area contributed by atoms with Gasteiger partial charge in [-0.05, 0) is 26.2 Å². The van der Waals surface area contributed by atoms with Gasteiger partial charge >= 0.3 is 0 Å². The number of hydrogen-bond acceptors (Lipinski definition) is 4. The highest BCUT2D eigenvalue weighted by Gasteiger charge is 2.36. The summed E-state index contributed by atoms with van der Waals surface area (Å²) in [7, 11) is 0. The summed E-state index contributed by atoms with van der Waals surface area (Å²) in [6.45, 7) is 2.06. The lowest BCUT2D eigenvalue weighted by molar-refractivity contribution is 0.0622. The molecule has 0 spiro atoms. The van der Waals surface area contributed by atoms with E-state index in [1.54, 1.807) is 0 Å². The van der Waals surface area contributed by atoms with Gasteiger partial charge in [0, 0.05) is 6.04 Å². The van der Waals surface area contributed by atoms with Gasteiger partial charge in [0.25, 0.3) is 0 Å². The van der Waals surface area contributed by atoms with Gasteiger partial charge in [-0.15, -0.1) is 0 Å². The fourth-order valence-electron chi connectivity index (χ4n) is 2.17. The lowest BCUT2D eigenvalue weighted by Gasteiger charge is -2.33. The zero-order chi connectivity index (χ0) is 8.72. The molecule has 1 unspecified atom stereocenters. The number of aliphatic imine (C=N–C) groups is 1. The molecule has 1 saturated heterocycles. The number of aliphatic hydroxyl groups excluding tert-OH is 1. The molecule has 0 aromatic heterocycles. The summed E-state index contributed by atoms with van der Waals surface area (Å²) in [5, 5.41) is 9.55. The van der Waals surface area contributed by atoms with Crippen molar-refractivity contribution in [1.82, 2.24) is 4.90 Å². The first-order valence-electron chi connectivity index (χ1n) is 4.48. The monoisotopic (exact) mass is 169 g/mol. The van der Waals surface area contributed by atoms with Crippen molar-refractivity contribution in [3.05, 3.63) is 0 Å². The molecule has 4 heteroatoms. The molecule has 68 valence electrons. The molecule has 0 aromatic carbocycles. The summed E-state index contributed by atoms with van der Waals surface area (Å²) in [6.07, 6.45) is 2.50. The Balaban J connectivity index is 2.22. The molecule has 3 N–H and O–H groups in total. The van der Waals surface area contributed by atoms with Gasteiger partial charge in [-0.3, -0.25) is 4.99 Å². The van der Waals surface area contributed by atoms with Gasteiger partial charge in [0.15, 0.2) is 5.96 Å². The van der Waals surface area contributed by atoms with Crippen molar-refractivity contribution in [1.29, 1.82) is 0 Å². The molecule has 1 fully saturated rings. The Hall–Kier alpha value is -0.770. The molecule has 2 rings (SSSR count). The van der Waals surface area contributed by atoms with Crippen molar-refractivity contribution in [2.24, 2.45) is 10.7 Å². The van der Waals surface area contributed by atoms with Crippen LogP contribution >= 0.6 is 0 Å². The highest BCUT2D eigenvalue weighted by Crippen LogP contribution is 2.28. The van der Waals surface area contributed by atoms with Crippen molar-refractivity contribution >= 4 is 5.96 Å². The van der Waals surface area contributed by atoms with Crippen LogP contribution in [0.2, 0.25) is 0 Å². The van der Waals surface area contributed by atoms with Crippen LogP contribution in [0, 0.1) is 0 Å². The summed E-state index contributed by atoms with van der Waals surface area (Å²) in [5.74, 6) is 0.517. The predicted octanol–water partition coefficient (Wildman–Crippen LogP) is -0.124. The Morgan fingerprint density at radius 1 is 1.58 bits per heavy atom. The summed E-state index contributed by atoms with van der Waals surface area (Å²) in [5.41, 5.74) is 5.72. The molecule has 4 nitrogen and oxygen atoms in total. The van der Waals surface area contributed by atoms with E-state index < -0.39 is 6.23 Å². The molecule has 2 aliphatic heterocycles. The highest BCUT2D eigenvalue weighted by atomic mass is 16.3. The third kappa shape index (κ3) is 1.06. The quantitative estimate of drug-likeness (QED) is 0.531. The van der Waals surface area contributed by atoms with Crippen molar-refractivity contribution < 1.29 is 5.11 Å². The van der Waals surface area contributed by atoms with Crippen LogP contribution in [-0.2, 0) is 0 Å². The van der Waals surface area contributed by atoms with Crippen LogP contribution in [0.25, 0.3) is 0 Å². The van der Waals surface area contributed by atoms with Gasteiger partial charge in [0.2, 0.25) is 0 Å². The number of hydrogen-bond donors (Lipinski definition) is 2. The molecule has 2 aliphatic rings. The molecule has 0 amide bonds. The third-order valence-electron chi connectivity index (χ3n) is 2.70. The van der Waals surface area contributed by atoms with Crippen molar-refractivity contribution in [2.45, 2.75) is 44.5 Å². The van der Waals surface area contributed by atoms with Crippen LogP contribution in [0.15, 0.2) is 4.99 Å². The third-order valence-corrected chi connectivity index (χ3v) is 2.70. The van der Waals surface area contributed by atoms with E-state index in [2.05, 4.69) is 11.9 Å². The second-order valence-electron chi connectivity index (χ2n) is 3.69. The average Bonchev–Trinajstić information content (AvgIpc) is 2.31. The van der Waals surface area contributed by atoms with Crippen molar-refractivity contribution in [3.63, 3.8) is 0 Å². The fraction of sp³-hybridized carbons (Fsp3) is 0.875. The first-order chi connectivity index (χ1) is 5.68. The number of nitrogens with two attached hydrogens (primary N) is 1. The van der Waals surface area contributed by atoms with E-state index in [1.165, 1.54) is 0 Å². The van der Waals surface area contributed by atoms with E-state index in [9.17, 15) is 5.11 Å². The fourth-order valence-corrected chi connectivity index (χ4v) is 2.17. The van der Waals surface area contributed by atoms with Gasteiger partial charge in [-0.25, -0.2) is 0 Å². The minimum Gasteiger partial charge on any atom is -0.374 e. The lowest BCUT2D eigenvalue weighted by Crippen LogP contribution is -2.49. The number of fused-ring (bicyclic) bond motifs is 1. The Morgan fingerprint density at radius 3 is 3.08 bits per heavy atom. The van der Waals surface area contributed by atoms with E-state index in [1.807, 2.05) is 4.90 Å². The highest BCUT2D eigenvalue weighted by molar-refractivity contribution is 5.79. The van der Waals surface area contributed by atoms with Crippen LogP contribution in [0.1, 0.15) is 26.2 Å². The van der Waals surface area contributed by atoms with Gasteiger partial charge < -0.3 is 15.7 Å². The smallest absolute Gasteiger partial charge is 0.193 e. The van der Waals surface area contributed by atoms with Crippen LogP contribution in [-0.4, -0.2) is 34.3 Å². The largest absolute Gasteiger partial charge is 0.374 e. The second kappa shape index (κ2) is 2.62. The molecule has 3 atom stereocenters. The van der Waals surface area contributed by atoms with Crippen LogP contribution in [0.3, 0.4) is 0 Å². The number of aliphatic hydroxyl groups is 1. The Kier molecular flexibility index (Phi) is 1.72. The summed E-state index contributed by atoms with van der Waals surface area (Å²) in [4.78, 5) is 6.08. The minimum absolute atomic E-state index is 0.316. The average molecular weight is 169 g/mol. The van der Waals surface area contributed by atoms with E-state index in [0.29, 0.717) is 18.0 Å². The zero-order valence-electron chi connectivity index (χ0n) is 7.27. The number of nitrogens with zero attached hydrogens (tertiary/aromatic N) is 2. The summed E-state index contributed by atoms with van der Waals surface area (Å²) < 4.78 is 0. The molecule has 0 bridgehead atoms. The van der Waals surface area contributed by atoms with Crippen molar-refractivity contribution in [3.8, 4) is 0 Å². The molecule has 12 heavy (non-hydrogen) atoms. The van der Waals surface area contributed by atoms with Gasteiger partial charge in [0.05, 0.1) is 6.04 Å². The first kappa shape index (κ1) is 7.86. The zero-order valence-corrected chi connectivity index (χ0v) is 7.27. The number of guanidine groups is 1. The maximum Gasteiger partial charge on any atom is 0.193 e. The SMILES string of the molecule is C[C@@H]1C[C@@H]2CCC(O)N2C(N)=N1. The van der Waals surface area contributed by atoms with E-state index >= 15 is 0 Å². The normalized spacial score (nSPS) is 41.0. The van der Waals surface area contributed by atoms with Crippen LogP contribution < -0.4 is 5.73 Å². The Labute approximate surface area is 72.1 Å². The molecule has 2 heterocycles. The van der Waals surface area contributed by atoms with Crippen molar-refractivity contribution in [2.75, 3.05) is 0 Å².